The molecule has 1 aliphatic heterocycles. The molecule has 1 saturated heterocycles. The van der Waals surface area contributed by atoms with Gasteiger partial charge in [-0.25, -0.2) is 9.78 Å². The first-order chi connectivity index (χ1) is 8.63. The van der Waals surface area contributed by atoms with E-state index in [0.717, 1.165) is 4.47 Å². The average molecular weight is 336 g/mol. The first kappa shape index (κ1) is 13.6. The van der Waals surface area contributed by atoms with Gasteiger partial charge in [-0.05, 0) is 22.0 Å². The summed E-state index contributed by atoms with van der Waals surface area (Å²) in [6.45, 7) is 1.42. The highest BCUT2D eigenvalue weighted by atomic mass is 79.9. The number of halogens is 2. The Kier molecular flexibility index (Phi) is 4.42. The van der Waals surface area contributed by atoms with Crippen LogP contribution in [-0.4, -0.2) is 43.9 Å². The van der Waals surface area contributed by atoms with Crippen molar-refractivity contribution < 1.29 is 14.3 Å². The maximum absolute atomic E-state index is 11.7. The van der Waals surface area contributed by atoms with E-state index in [0.29, 0.717) is 30.6 Å². The van der Waals surface area contributed by atoms with Crippen molar-refractivity contribution in [3.05, 3.63) is 21.8 Å². The van der Waals surface area contributed by atoms with Crippen molar-refractivity contribution in [1.82, 2.24) is 4.98 Å². The van der Waals surface area contributed by atoms with Crippen molar-refractivity contribution in [2.75, 3.05) is 31.8 Å². The molecular formula is C11H12BrClN2O3. The smallest absolute Gasteiger partial charge is 0.330 e. The first-order valence-electron chi connectivity index (χ1n) is 5.36. The number of methoxy groups -OCH3 is 1. The Bertz CT molecular complexity index is 458. The summed E-state index contributed by atoms with van der Waals surface area (Å²) >= 11 is 9.25. The third-order valence-corrected chi connectivity index (χ3v) is 3.45. The largest absolute Gasteiger partial charge is 0.467 e. The Morgan fingerprint density at radius 2 is 2.50 bits per heavy atom. The van der Waals surface area contributed by atoms with Crippen LogP contribution in [0.1, 0.15) is 0 Å². The lowest BCUT2D eigenvalue weighted by Gasteiger charge is -2.34. The standard InChI is InChI=1S/C11H12BrClN2O3/c1-17-11(16)9-6-18-3-2-15(9)10-8(12)4-7(13)5-14-10/h4-5,9H,2-3,6H2,1H3. The van der Waals surface area contributed by atoms with Crippen molar-refractivity contribution in [1.29, 1.82) is 0 Å². The molecule has 1 fully saturated rings. The zero-order valence-electron chi connectivity index (χ0n) is 9.73. The van der Waals surface area contributed by atoms with Gasteiger partial charge in [0, 0.05) is 12.7 Å². The van der Waals surface area contributed by atoms with Crippen LogP contribution in [0.5, 0.6) is 0 Å². The molecule has 0 saturated carbocycles. The molecule has 5 nitrogen and oxygen atoms in total. The van der Waals surface area contributed by atoms with Crippen molar-refractivity contribution >= 4 is 39.3 Å². The van der Waals surface area contributed by atoms with E-state index in [1.54, 1.807) is 12.3 Å². The van der Waals surface area contributed by atoms with Crippen LogP contribution in [0.15, 0.2) is 16.7 Å². The topological polar surface area (TPSA) is 51.7 Å². The summed E-state index contributed by atoms with van der Waals surface area (Å²) in [4.78, 5) is 17.8. The number of aromatic nitrogens is 1. The molecule has 1 unspecified atom stereocenters. The highest BCUT2D eigenvalue weighted by Gasteiger charge is 2.32. The van der Waals surface area contributed by atoms with Gasteiger partial charge in [0.15, 0.2) is 6.04 Å². The number of morpholine rings is 1. The van der Waals surface area contributed by atoms with Gasteiger partial charge in [-0.15, -0.1) is 0 Å². The molecule has 0 aromatic carbocycles. The fraction of sp³-hybridized carbons (Fsp3) is 0.455. The highest BCUT2D eigenvalue weighted by Crippen LogP contribution is 2.29. The maximum Gasteiger partial charge on any atom is 0.330 e. The number of pyridine rings is 1. The average Bonchev–Trinajstić information content (AvgIpc) is 2.38. The lowest BCUT2D eigenvalue weighted by Crippen LogP contribution is -2.51. The van der Waals surface area contributed by atoms with Crippen molar-refractivity contribution in [3.8, 4) is 0 Å². The quantitative estimate of drug-likeness (QED) is 0.772. The van der Waals surface area contributed by atoms with E-state index >= 15 is 0 Å². The van der Waals surface area contributed by atoms with E-state index in [1.807, 2.05) is 4.90 Å². The number of nitrogens with zero attached hydrogens (tertiary/aromatic N) is 2. The summed E-state index contributed by atoms with van der Waals surface area (Å²) in [6, 6.07) is 1.27. The lowest BCUT2D eigenvalue weighted by molar-refractivity contribution is -0.144. The second-order valence-corrected chi connectivity index (χ2v) is 5.06. The molecule has 0 aliphatic carbocycles. The minimum atomic E-state index is -0.478. The number of carbonyl (C=O) groups is 1. The van der Waals surface area contributed by atoms with Gasteiger partial charge in [-0.1, -0.05) is 11.6 Å². The Balaban J connectivity index is 2.30. The number of carbonyl (C=O) groups excluding carboxylic acids is 1. The van der Waals surface area contributed by atoms with Gasteiger partial charge in [-0.2, -0.15) is 0 Å². The van der Waals surface area contributed by atoms with E-state index in [9.17, 15) is 4.79 Å². The molecule has 1 atom stereocenters. The number of hydrogen-bond donors (Lipinski definition) is 0. The monoisotopic (exact) mass is 334 g/mol. The minimum Gasteiger partial charge on any atom is -0.467 e. The van der Waals surface area contributed by atoms with Gasteiger partial charge in [0.05, 0.1) is 29.8 Å². The van der Waals surface area contributed by atoms with Crippen LogP contribution in [0.2, 0.25) is 5.02 Å². The van der Waals surface area contributed by atoms with Crippen molar-refractivity contribution in [2.45, 2.75) is 6.04 Å². The summed E-state index contributed by atoms with van der Waals surface area (Å²) in [5.74, 6) is 0.330. The van der Waals surface area contributed by atoms with E-state index in [2.05, 4.69) is 20.9 Å². The van der Waals surface area contributed by atoms with Crippen LogP contribution < -0.4 is 4.90 Å². The molecular weight excluding hydrogens is 323 g/mol. The SMILES string of the molecule is COC(=O)C1COCCN1c1ncc(Cl)cc1Br. The lowest BCUT2D eigenvalue weighted by atomic mass is 10.2. The summed E-state index contributed by atoms with van der Waals surface area (Å²) in [5, 5.41) is 0.536. The predicted molar refractivity (Wildman–Crippen MR) is 70.9 cm³/mol. The molecule has 0 spiro atoms. The Morgan fingerprint density at radius 3 is 3.17 bits per heavy atom. The van der Waals surface area contributed by atoms with Crippen LogP contribution in [0.25, 0.3) is 0 Å². The molecule has 18 heavy (non-hydrogen) atoms. The normalized spacial score (nSPS) is 19.7. The van der Waals surface area contributed by atoms with E-state index in [1.165, 1.54) is 7.11 Å². The zero-order valence-corrected chi connectivity index (χ0v) is 12.1. The van der Waals surface area contributed by atoms with Crippen LogP contribution in [0.3, 0.4) is 0 Å². The van der Waals surface area contributed by atoms with Crippen molar-refractivity contribution in [2.24, 2.45) is 0 Å². The summed E-state index contributed by atoms with van der Waals surface area (Å²) in [5.41, 5.74) is 0. The number of ether oxygens (including phenoxy) is 2. The molecule has 1 aliphatic rings. The van der Waals surface area contributed by atoms with Crippen LogP contribution in [0, 0.1) is 0 Å². The van der Waals surface area contributed by atoms with Gasteiger partial charge >= 0.3 is 5.97 Å². The molecule has 2 heterocycles. The first-order valence-corrected chi connectivity index (χ1v) is 6.54. The number of esters is 1. The minimum absolute atomic E-state index is 0.295. The summed E-state index contributed by atoms with van der Waals surface area (Å²) in [7, 11) is 1.36. The molecule has 98 valence electrons. The molecule has 0 amide bonds. The molecule has 0 radical (unpaired) electrons. The summed E-state index contributed by atoms with van der Waals surface area (Å²) in [6.07, 6.45) is 1.55. The fourth-order valence-electron chi connectivity index (χ4n) is 1.81. The number of hydrogen-bond acceptors (Lipinski definition) is 5. The summed E-state index contributed by atoms with van der Waals surface area (Å²) < 4.78 is 10.8. The number of anilines is 1. The molecule has 1 aromatic heterocycles. The second-order valence-electron chi connectivity index (χ2n) is 3.77. The van der Waals surface area contributed by atoms with Crippen LogP contribution in [0.4, 0.5) is 5.82 Å². The predicted octanol–water partition coefficient (Wildman–Crippen LogP) is 1.88. The molecule has 1 aromatic rings. The Hall–Kier alpha value is -0.850. The van der Waals surface area contributed by atoms with Gasteiger partial charge in [-0.3, -0.25) is 0 Å². The third-order valence-electron chi connectivity index (χ3n) is 2.66. The molecule has 0 bridgehead atoms. The van der Waals surface area contributed by atoms with E-state index in [4.69, 9.17) is 21.1 Å². The maximum atomic E-state index is 11.7. The van der Waals surface area contributed by atoms with Gasteiger partial charge < -0.3 is 14.4 Å². The fourth-order valence-corrected chi connectivity index (χ4v) is 2.67. The number of rotatable bonds is 2. The molecule has 7 heteroatoms. The van der Waals surface area contributed by atoms with Crippen LogP contribution in [-0.2, 0) is 14.3 Å². The van der Waals surface area contributed by atoms with E-state index < -0.39 is 6.04 Å². The third kappa shape index (κ3) is 2.76. The van der Waals surface area contributed by atoms with Gasteiger partial charge in [0.1, 0.15) is 5.82 Å². The second kappa shape index (κ2) is 5.86. The zero-order chi connectivity index (χ0) is 13.1. The Morgan fingerprint density at radius 1 is 1.72 bits per heavy atom. The van der Waals surface area contributed by atoms with Crippen molar-refractivity contribution in [3.63, 3.8) is 0 Å². The van der Waals surface area contributed by atoms with Crippen LogP contribution >= 0.6 is 27.5 Å². The van der Waals surface area contributed by atoms with E-state index in [-0.39, 0.29) is 5.97 Å². The van der Waals surface area contributed by atoms with Gasteiger partial charge in [0.25, 0.3) is 0 Å². The Labute approximate surface area is 118 Å². The van der Waals surface area contributed by atoms with Gasteiger partial charge in [0.2, 0.25) is 0 Å². The molecule has 2 rings (SSSR count). The molecule has 0 N–H and O–H groups in total. The highest BCUT2D eigenvalue weighted by molar-refractivity contribution is 9.10.